The van der Waals surface area contributed by atoms with Crippen molar-refractivity contribution < 1.29 is 4.79 Å². The molecule has 2 rings (SSSR count). The Morgan fingerprint density at radius 3 is 2.20 bits per heavy atom. The summed E-state index contributed by atoms with van der Waals surface area (Å²) in [6.45, 7) is 8.07. The molecule has 25 heavy (non-hydrogen) atoms. The Morgan fingerprint density at radius 2 is 1.68 bits per heavy atom. The second-order valence-electron chi connectivity index (χ2n) is 5.75. The number of benzene rings is 2. The van der Waals surface area contributed by atoms with Gasteiger partial charge in [0.25, 0.3) is 5.91 Å². The number of aryl methyl sites for hydroxylation is 1. The predicted octanol–water partition coefficient (Wildman–Crippen LogP) is 4.39. The van der Waals surface area contributed by atoms with Crippen LogP contribution in [0.1, 0.15) is 25.0 Å². The van der Waals surface area contributed by atoms with Crippen LogP contribution in [0.25, 0.3) is 6.08 Å². The van der Waals surface area contributed by atoms with Crippen LogP contribution in [0.4, 0.5) is 11.4 Å². The molecule has 4 nitrogen and oxygen atoms in total. The van der Waals surface area contributed by atoms with Crippen molar-refractivity contribution in [2.45, 2.75) is 20.8 Å². The Morgan fingerprint density at radius 1 is 1.08 bits per heavy atom. The fourth-order valence-corrected chi connectivity index (χ4v) is 2.52. The molecule has 4 heteroatoms. The van der Waals surface area contributed by atoms with Crippen molar-refractivity contribution in [3.63, 3.8) is 0 Å². The number of nitriles is 1. The monoisotopic (exact) mass is 333 g/mol. The standard InChI is InChI=1S/C21H23N3O/c1-4-24(5-2)20-12-10-19(11-13-20)23-21(25)18(15-22)14-17-8-6-16(3)7-9-17/h6-14H,4-5H2,1-3H3,(H,23,25)/b18-14-. The van der Waals surface area contributed by atoms with E-state index in [1.54, 1.807) is 6.08 Å². The van der Waals surface area contributed by atoms with Crippen molar-refractivity contribution >= 4 is 23.4 Å². The molecule has 0 spiro atoms. The number of hydrogen-bond donors (Lipinski definition) is 1. The first-order valence-electron chi connectivity index (χ1n) is 8.42. The molecule has 1 N–H and O–H groups in total. The highest BCUT2D eigenvalue weighted by Gasteiger charge is 2.10. The van der Waals surface area contributed by atoms with Gasteiger partial charge >= 0.3 is 0 Å². The Labute approximate surface area is 149 Å². The number of anilines is 2. The van der Waals surface area contributed by atoms with Crippen LogP contribution in [0.3, 0.4) is 0 Å². The highest BCUT2D eigenvalue weighted by atomic mass is 16.1. The fraction of sp³-hybridized carbons (Fsp3) is 0.238. The molecule has 0 aliphatic heterocycles. The molecule has 0 aliphatic carbocycles. The summed E-state index contributed by atoms with van der Waals surface area (Å²) in [7, 11) is 0. The van der Waals surface area contributed by atoms with Crippen LogP contribution in [-0.2, 0) is 4.79 Å². The Kier molecular flexibility index (Phi) is 6.36. The van der Waals surface area contributed by atoms with Crippen molar-refractivity contribution in [1.82, 2.24) is 0 Å². The molecule has 0 aliphatic rings. The molecule has 0 radical (unpaired) electrons. The van der Waals surface area contributed by atoms with Crippen LogP contribution in [0.5, 0.6) is 0 Å². The molecular weight excluding hydrogens is 310 g/mol. The lowest BCUT2D eigenvalue weighted by molar-refractivity contribution is -0.112. The van der Waals surface area contributed by atoms with Gasteiger partial charge in [0.2, 0.25) is 0 Å². The highest BCUT2D eigenvalue weighted by Crippen LogP contribution is 2.18. The number of nitrogens with one attached hydrogen (secondary N) is 1. The molecular formula is C21H23N3O. The molecule has 0 bridgehead atoms. The molecule has 1 amide bonds. The zero-order chi connectivity index (χ0) is 18.2. The van der Waals surface area contributed by atoms with Crippen molar-refractivity contribution in [2.24, 2.45) is 0 Å². The average molecular weight is 333 g/mol. The van der Waals surface area contributed by atoms with Crippen molar-refractivity contribution in [3.8, 4) is 6.07 Å². The van der Waals surface area contributed by atoms with Gasteiger partial charge in [-0.3, -0.25) is 4.79 Å². The third kappa shape index (κ3) is 4.95. The lowest BCUT2D eigenvalue weighted by atomic mass is 10.1. The minimum atomic E-state index is -0.404. The molecule has 0 saturated carbocycles. The molecule has 0 fully saturated rings. The molecule has 0 unspecified atom stereocenters. The normalized spacial score (nSPS) is 10.9. The number of hydrogen-bond acceptors (Lipinski definition) is 3. The molecule has 0 saturated heterocycles. The molecule has 2 aromatic carbocycles. The number of carbonyl (C=O) groups is 1. The number of nitrogens with zero attached hydrogens (tertiary/aromatic N) is 2. The largest absolute Gasteiger partial charge is 0.372 e. The van der Waals surface area contributed by atoms with Crippen LogP contribution >= 0.6 is 0 Å². The zero-order valence-electron chi connectivity index (χ0n) is 14.9. The van der Waals surface area contributed by atoms with Gasteiger partial charge in [0.05, 0.1) is 0 Å². The van der Waals surface area contributed by atoms with E-state index in [2.05, 4.69) is 24.1 Å². The number of amides is 1. The van der Waals surface area contributed by atoms with Gasteiger partial charge in [0.15, 0.2) is 0 Å². The van der Waals surface area contributed by atoms with Crippen LogP contribution < -0.4 is 10.2 Å². The maximum atomic E-state index is 12.3. The van der Waals surface area contributed by atoms with E-state index in [-0.39, 0.29) is 5.57 Å². The summed E-state index contributed by atoms with van der Waals surface area (Å²) < 4.78 is 0. The average Bonchev–Trinajstić information content (AvgIpc) is 2.63. The van der Waals surface area contributed by atoms with Gasteiger partial charge in [-0.05, 0) is 56.7 Å². The number of carbonyl (C=O) groups excluding carboxylic acids is 1. The smallest absolute Gasteiger partial charge is 0.266 e. The van der Waals surface area contributed by atoms with E-state index < -0.39 is 5.91 Å². The second kappa shape index (κ2) is 8.70. The summed E-state index contributed by atoms with van der Waals surface area (Å²) in [6.07, 6.45) is 1.60. The first kappa shape index (κ1) is 18.3. The van der Waals surface area contributed by atoms with Gasteiger partial charge < -0.3 is 10.2 Å². The molecule has 0 aromatic heterocycles. The van der Waals surface area contributed by atoms with E-state index in [4.69, 9.17) is 0 Å². The summed E-state index contributed by atoms with van der Waals surface area (Å²) >= 11 is 0. The fourth-order valence-electron chi connectivity index (χ4n) is 2.52. The topological polar surface area (TPSA) is 56.1 Å². The van der Waals surface area contributed by atoms with Crippen LogP contribution in [0.15, 0.2) is 54.1 Å². The van der Waals surface area contributed by atoms with Gasteiger partial charge in [0, 0.05) is 24.5 Å². The third-order valence-electron chi connectivity index (χ3n) is 4.01. The van der Waals surface area contributed by atoms with Crippen molar-refractivity contribution in [3.05, 3.63) is 65.2 Å². The van der Waals surface area contributed by atoms with Crippen molar-refractivity contribution in [2.75, 3.05) is 23.3 Å². The predicted molar refractivity (Wildman–Crippen MR) is 103 cm³/mol. The molecule has 2 aromatic rings. The summed E-state index contributed by atoms with van der Waals surface area (Å²) in [5.74, 6) is -0.404. The minimum Gasteiger partial charge on any atom is -0.372 e. The molecule has 0 atom stereocenters. The van der Waals surface area contributed by atoms with E-state index in [1.165, 1.54) is 0 Å². The van der Waals surface area contributed by atoms with E-state index >= 15 is 0 Å². The summed E-state index contributed by atoms with van der Waals surface area (Å²) in [5, 5.41) is 12.1. The Hall–Kier alpha value is -3.06. The van der Waals surface area contributed by atoms with E-state index in [0.29, 0.717) is 5.69 Å². The highest BCUT2D eigenvalue weighted by molar-refractivity contribution is 6.09. The summed E-state index contributed by atoms with van der Waals surface area (Å²) in [4.78, 5) is 14.6. The van der Waals surface area contributed by atoms with Crippen LogP contribution in [-0.4, -0.2) is 19.0 Å². The zero-order valence-corrected chi connectivity index (χ0v) is 14.9. The van der Waals surface area contributed by atoms with Gasteiger partial charge in [0.1, 0.15) is 11.6 Å². The maximum Gasteiger partial charge on any atom is 0.266 e. The first-order valence-corrected chi connectivity index (χ1v) is 8.42. The van der Waals surface area contributed by atoms with Crippen LogP contribution in [0.2, 0.25) is 0 Å². The SMILES string of the molecule is CCN(CC)c1ccc(NC(=O)/C(C#N)=C\c2ccc(C)cc2)cc1. The minimum absolute atomic E-state index is 0.0803. The summed E-state index contributed by atoms with van der Waals surface area (Å²) in [5.41, 5.74) is 3.82. The third-order valence-corrected chi connectivity index (χ3v) is 4.01. The number of rotatable bonds is 6. The maximum absolute atomic E-state index is 12.3. The van der Waals surface area contributed by atoms with Crippen LogP contribution in [0, 0.1) is 18.3 Å². The Bertz CT molecular complexity index is 779. The lowest BCUT2D eigenvalue weighted by Gasteiger charge is -2.21. The van der Waals surface area contributed by atoms with Gasteiger partial charge in [-0.1, -0.05) is 29.8 Å². The van der Waals surface area contributed by atoms with E-state index in [9.17, 15) is 10.1 Å². The van der Waals surface area contributed by atoms with Gasteiger partial charge in [-0.2, -0.15) is 5.26 Å². The lowest BCUT2D eigenvalue weighted by Crippen LogP contribution is -2.21. The van der Waals surface area contributed by atoms with Gasteiger partial charge in [-0.15, -0.1) is 0 Å². The van der Waals surface area contributed by atoms with Gasteiger partial charge in [-0.25, -0.2) is 0 Å². The first-order chi connectivity index (χ1) is 12.1. The molecule has 128 valence electrons. The van der Waals surface area contributed by atoms with E-state index in [0.717, 1.165) is 29.9 Å². The molecule has 0 heterocycles. The summed E-state index contributed by atoms with van der Waals surface area (Å²) in [6, 6.07) is 17.3. The second-order valence-corrected chi connectivity index (χ2v) is 5.75. The van der Waals surface area contributed by atoms with Crippen molar-refractivity contribution in [1.29, 1.82) is 5.26 Å². The Balaban J connectivity index is 2.11. The van der Waals surface area contributed by atoms with E-state index in [1.807, 2.05) is 61.5 Å². The quantitative estimate of drug-likeness (QED) is 0.630.